The second-order valence-corrected chi connectivity index (χ2v) is 2.91. The Labute approximate surface area is 72.7 Å². The van der Waals surface area contributed by atoms with Crippen LogP contribution in [0.2, 0.25) is 0 Å². The molecule has 0 aromatic heterocycles. The Bertz CT molecular complexity index is 163. The van der Waals surface area contributed by atoms with Gasteiger partial charge in [0.1, 0.15) is 0 Å². The highest BCUT2D eigenvalue weighted by molar-refractivity contribution is 5.85. The van der Waals surface area contributed by atoms with E-state index in [1.807, 2.05) is 6.92 Å². The minimum absolute atomic E-state index is 0.0820. The lowest BCUT2D eigenvalue weighted by Gasteiger charge is -2.08. The van der Waals surface area contributed by atoms with E-state index in [2.05, 4.69) is 6.58 Å². The first-order valence-corrected chi connectivity index (χ1v) is 4.17. The maximum Gasteiger partial charge on any atom is 0.331 e. The number of aliphatic hydroxyl groups excluding tert-OH is 1. The van der Waals surface area contributed by atoms with Crippen molar-refractivity contribution in [3.63, 3.8) is 0 Å². The molecule has 70 valence electrons. The van der Waals surface area contributed by atoms with Crippen LogP contribution < -0.4 is 0 Å². The molecule has 12 heavy (non-hydrogen) atoms. The molecule has 0 aromatic carbocycles. The van der Waals surface area contributed by atoms with E-state index >= 15 is 0 Å². The molecule has 3 nitrogen and oxygen atoms in total. The van der Waals surface area contributed by atoms with Gasteiger partial charge < -0.3 is 10.2 Å². The van der Waals surface area contributed by atoms with Gasteiger partial charge in [-0.25, -0.2) is 4.79 Å². The van der Waals surface area contributed by atoms with Crippen LogP contribution in [0.1, 0.15) is 32.6 Å². The zero-order chi connectivity index (χ0) is 9.56. The van der Waals surface area contributed by atoms with Crippen LogP contribution in [-0.4, -0.2) is 22.3 Å². The first-order chi connectivity index (χ1) is 5.57. The first-order valence-electron chi connectivity index (χ1n) is 4.17. The predicted molar refractivity (Wildman–Crippen MR) is 46.9 cm³/mol. The van der Waals surface area contributed by atoms with Gasteiger partial charge in [0.2, 0.25) is 0 Å². The van der Waals surface area contributed by atoms with Crippen LogP contribution in [0.5, 0.6) is 0 Å². The Kier molecular flexibility index (Phi) is 5.37. The Hall–Kier alpha value is -0.830. The quantitative estimate of drug-likeness (QED) is 0.598. The molecule has 0 unspecified atom stereocenters. The maximum atomic E-state index is 10.3. The summed E-state index contributed by atoms with van der Waals surface area (Å²) in [5, 5.41) is 17.7. The maximum absolute atomic E-state index is 10.3. The van der Waals surface area contributed by atoms with Crippen LogP contribution in [0.4, 0.5) is 0 Å². The molecule has 0 amide bonds. The van der Waals surface area contributed by atoms with Gasteiger partial charge in [-0.3, -0.25) is 0 Å². The molecule has 0 bridgehead atoms. The zero-order valence-electron chi connectivity index (χ0n) is 7.42. The average molecular weight is 172 g/mol. The van der Waals surface area contributed by atoms with Crippen LogP contribution in [0.25, 0.3) is 0 Å². The van der Waals surface area contributed by atoms with Gasteiger partial charge >= 0.3 is 5.97 Å². The molecule has 0 radical (unpaired) electrons. The molecule has 0 saturated heterocycles. The third kappa shape index (κ3) is 4.91. The summed E-state index contributed by atoms with van der Waals surface area (Å²) in [5.41, 5.74) is 0.0820. The zero-order valence-corrected chi connectivity index (χ0v) is 7.42. The Morgan fingerprint density at radius 1 is 1.58 bits per heavy atom. The standard InChI is InChI=1S/C9H16O3/c1-3-4-5-8(10)6-7(2)9(11)12/h8,10H,2-6H2,1H3,(H,11,12)/t8-/m1/s1. The molecule has 0 saturated carbocycles. The van der Waals surface area contributed by atoms with E-state index in [9.17, 15) is 9.90 Å². The largest absolute Gasteiger partial charge is 0.478 e. The average Bonchev–Trinajstić information content (AvgIpc) is 2.00. The number of hydrogen-bond acceptors (Lipinski definition) is 2. The highest BCUT2D eigenvalue weighted by atomic mass is 16.4. The lowest BCUT2D eigenvalue weighted by atomic mass is 10.1. The van der Waals surface area contributed by atoms with Crippen LogP contribution in [0.3, 0.4) is 0 Å². The van der Waals surface area contributed by atoms with Crippen molar-refractivity contribution < 1.29 is 15.0 Å². The van der Waals surface area contributed by atoms with Gasteiger partial charge in [-0.05, 0) is 6.42 Å². The van der Waals surface area contributed by atoms with Gasteiger partial charge in [0.05, 0.1) is 6.10 Å². The lowest BCUT2D eigenvalue weighted by molar-refractivity contribution is -0.133. The van der Waals surface area contributed by atoms with Gasteiger partial charge in [-0.1, -0.05) is 26.3 Å². The third-order valence-electron chi connectivity index (χ3n) is 1.68. The molecule has 0 fully saturated rings. The Morgan fingerprint density at radius 3 is 2.58 bits per heavy atom. The molecule has 0 aliphatic carbocycles. The van der Waals surface area contributed by atoms with Crippen LogP contribution in [0, 0.1) is 0 Å². The van der Waals surface area contributed by atoms with Gasteiger partial charge in [-0.2, -0.15) is 0 Å². The van der Waals surface area contributed by atoms with Crippen LogP contribution >= 0.6 is 0 Å². The van der Waals surface area contributed by atoms with Crippen molar-refractivity contribution in [3.05, 3.63) is 12.2 Å². The van der Waals surface area contributed by atoms with E-state index in [0.29, 0.717) is 6.42 Å². The van der Waals surface area contributed by atoms with E-state index in [0.717, 1.165) is 12.8 Å². The van der Waals surface area contributed by atoms with Crippen LogP contribution in [0.15, 0.2) is 12.2 Å². The van der Waals surface area contributed by atoms with Crippen molar-refractivity contribution in [1.29, 1.82) is 0 Å². The Morgan fingerprint density at radius 2 is 2.17 bits per heavy atom. The van der Waals surface area contributed by atoms with E-state index < -0.39 is 12.1 Å². The molecule has 3 heteroatoms. The normalized spacial score (nSPS) is 12.5. The van der Waals surface area contributed by atoms with Crippen molar-refractivity contribution in [2.45, 2.75) is 38.7 Å². The van der Waals surface area contributed by atoms with Crippen molar-refractivity contribution in [2.75, 3.05) is 0 Å². The summed E-state index contributed by atoms with van der Waals surface area (Å²) < 4.78 is 0. The van der Waals surface area contributed by atoms with Crippen molar-refractivity contribution >= 4 is 5.97 Å². The number of unbranched alkanes of at least 4 members (excludes halogenated alkanes) is 1. The smallest absolute Gasteiger partial charge is 0.331 e. The van der Waals surface area contributed by atoms with Crippen molar-refractivity contribution in [3.8, 4) is 0 Å². The summed E-state index contributed by atoms with van der Waals surface area (Å²) in [6.45, 7) is 5.37. The summed E-state index contributed by atoms with van der Waals surface area (Å²) in [6.07, 6.45) is 2.22. The fraction of sp³-hybridized carbons (Fsp3) is 0.667. The number of carbonyl (C=O) groups is 1. The molecule has 1 atom stereocenters. The molecule has 0 aliphatic heterocycles. The number of carboxylic acid groups (broad SMARTS) is 1. The molecule has 2 N–H and O–H groups in total. The monoisotopic (exact) mass is 172 g/mol. The van der Waals surface area contributed by atoms with Gasteiger partial charge in [-0.15, -0.1) is 0 Å². The topological polar surface area (TPSA) is 57.5 Å². The van der Waals surface area contributed by atoms with Crippen LogP contribution in [-0.2, 0) is 4.79 Å². The third-order valence-corrected chi connectivity index (χ3v) is 1.68. The number of aliphatic carboxylic acids is 1. The second kappa shape index (κ2) is 5.77. The van der Waals surface area contributed by atoms with E-state index in [1.54, 1.807) is 0 Å². The van der Waals surface area contributed by atoms with Gasteiger partial charge in [0.25, 0.3) is 0 Å². The van der Waals surface area contributed by atoms with E-state index in [1.165, 1.54) is 0 Å². The summed E-state index contributed by atoms with van der Waals surface area (Å²) in [7, 11) is 0. The molecule has 0 heterocycles. The molecule has 0 aliphatic rings. The second-order valence-electron chi connectivity index (χ2n) is 2.91. The summed E-state index contributed by atoms with van der Waals surface area (Å²) in [6, 6.07) is 0. The number of aliphatic hydroxyl groups is 1. The predicted octanol–water partition coefficient (Wildman–Crippen LogP) is 1.57. The van der Waals surface area contributed by atoms with E-state index in [-0.39, 0.29) is 12.0 Å². The molecule has 0 aromatic rings. The van der Waals surface area contributed by atoms with Crippen molar-refractivity contribution in [1.82, 2.24) is 0 Å². The molecular formula is C9H16O3. The summed E-state index contributed by atoms with van der Waals surface area (Å²) in [4.78, 5) is 10.3. The highest BCUT2D eigenvalue weighted by Gasteiger charge is 2.10. The number of rotatable bonds is 6. The summed E-state index contributed by atoms with van der Waals surface area (Å²) in [5.74, 6) is -1.02. The van der Waals surface area contributed by atoms with E-state index in [4.69, 9.17) is 5.11 Å². The van der Waals surface area contributed by atoms with Gasteiger partial charge in [0.15, 0.2) is 0 Å². The summed E-state index contributed by atoms with van der Waals surface area (Å²) >= 11 is 0. The minimum Gasteiger partial charge on any atom is -0.478 e. The SMILES string of the molecule is C=C(C[C@H](O)CCCC)C(=O)O. The molecule has 0 spiro atoms. The van der Waals surface area contributed by atoms with Gasteiger partial charge in [0, 0.05) is 12.0 Å². The Balaban J connectivity index is 3.61. The van der Waals surface area contributed by atoms with Crippen molar-refractivity contribution in [2.24, 2.45) is 0 Å². The highest BCUT2D eigenvalue weighted by Crippen LogP contribution is 2.09. The number of carboxylic acids is 1. The minimum atomic E-state index is -1.02. The fourth-order valence-corrected chi connectivity index (χ4v) is 0.914. The molecular weight excluding hydrogens is 156 g/mol. The lowest BCUT2D eigenvalue weighted by Crippen LogP contribution is -2.11. The first kappa shape index (κ1) is 11.2. The fourth-order valence-electron chi connectivity index (χ4n) is 0.914. The molecule has 0 rings (SSSR count). The number of hydrogen-bond donors (Lipinski definition) is 2.